The van der Waals surface area contributed by atoms with Crippen LogP contribution >= 0.6 is 0 Å². The maximum Gasteiger partial charge on any atom is 0.257 e. The molecule has 0 radical (unpaired) electrons. The fourth-order valence-electron chi connectivity index (χ4n) is 3.31. The second-order valence-corrected chi connectivity index (χ2v) is 6.92. The summed E-state index contributed by atoms with van der Waals surface area (Å²) in [5.41, 5.74) is 3.96. The molecule has 134 valence electrons. The molecule has 1 fully saturated rings. The van der Waals surface area contributed by atoms with Crippen LogP contribution in [0.4, 0.5) is 0 Å². The van der Waals surface area contributed by atoms with Gasteiger partial charge in [0, 0.05) is 32.9 Å². The highest BCUT2D eigenvalue weighted by Gasteiger charge is 2.25. The van der Waals surface area contributed by atoms with Crippen LogP contribution in [0.2, 0.25) is 0 Å². The smallest absolute Gasteiger partial charge is 0.257 e. The first-order valence-corrected chi connectivity index (χ1v) is 8.99. The van der Waals surface area contributed by atoms with Gasteiger partial charge >= 0.3 is 0 Å². The van der Waals surface area contributed by atoms with E-state index < -0.39 is 0 Å². The normalized spacial score (nSPS) is 17.0. The van der Waals surface area contributed by atoms with Crippen molar-refractivity contribution in [3.63, 3.8) is 0 Å². The average Bonchev–Trinajstić information content (AvgIpc) is 3.21. The molecule has 1 aromatic carbocycles. The Labute approximate surface area is 149 Å². The highest BCUT2D eigenvalue weighted by molar-refractivity contribution is 5.95. The Morgan fingerprint density at radius 3 is 2.68 bits per heavy atom. The van der Waals surface area contributed by atoms with Crippen LogP contribution in [0.3, 0.4) is 0 Å². The Bertz CT molecular complexity index is 715. The monoisotopic (exact) mass is 341 g/mol. The lowest BCUT2D eigenvalue weighted by atomic mass is 10.1. The minimum absolute atomic E-state index is 0.0493. The van der Waals surface area contributed by atoms with Gasteiger partial charge in [-0.1, -0.05) is 29.8 Å². The molecule has 0 saturated carbocycles. The van der Waals surface area contributed by atoms with Crippen molar-refractivity contribution in [2.75, 3.05) is 19.7 Å². The van der Waals surface area contributed by atoms with Gasteiger partial charge < -0.3 is 9.64 Å². The van der Waals surface area contributed by atoms with Crippen LogP contribution in [0, 0.1) is 13.8 Å². The van der Waals surface area contributed by atoms with E-state index in [1.807, 2.05) is 25.1 Å². The predicted molar refractivity (Wildman–Crippen MR) is 97.7 cm³/mol. The summed E-state index contributed by atoms with van der Waals surface area (Å²) in [7, 11) is 1.85. The average molecular weight is 341 g/mol. The fourth-order valence-corrected chi connectivity index (χ4v) is 3.31. The SMILES string of the molecule is Cc1ccc(CCN(CC2CCCO2)C(=O)c2cn(C)nc2C)cc1. The number of aromatic nitrogens is 2. The number of carbonyl (C=O) groups is 1. The number of ether oxygens (including phenoxy) is 1. The summed E-state index contributed by atoms with van der Waals surface area (Å²) < 4.78 is 7.46. The van der Waals surface area contributed by atoms with Crippen LogP contribution in [0.15, 0.2) is 30.5 Å². The largest absolute Gasteiger partial charge is 0.376 e. The molecule has 2 aromatic rings. The van der Waals surface area contributed by atoms with Gasteiger partial charge in [0.1, 0.15) is 0 Å². The second-order valence-electron chi connectivity index (χ2n) is 6.92. The van der Waals surface area contributed by atoms with E-state index in [9.17, 15) is 4.79 Å². The highest BCUT2D eigenvalue weighted by atomic mass is 16.5. The molecule has 2 heterocycles. The Morgan fingerprint density at radius 2 is 2.08 bits per heavy atom. The van der Waals surface area contributed by atoms with Gasteiger partial charge in [0.05, 0.1) is 17.4 Å². The van der Waals surface area contributed by atoms with Crippen molar-refractivity contribution in [3.8, 4) is 0 Å². The van der Waals surface area contributed by atoms with E-state index in [0.29, 0.717) is 18.7 Å². The summed E-state index contributed by atoms with van der Waals surface area (Å²) in [5.74, 6) is 0.0493. The number of rotatable bonds is 6. The van der Waals surface area contributed by atoms with E-state index in [0.717, 1.165) is 31.6 Å². The molecule has 1 aliphatic rings. The lowest BCUT2D eigenvalue weighted by Gasteiger charge is -2.25. The van der Waals surface area contributed by atoms with E-state index in [1.54, 1.807) is 4.68 Å². The Hall–Kier alpha value is -2.14. The molecule has 0 bridgehead atoms. The van der Waals surface area contributed by atoms with Crippen molar-refractivity contribution in [2.45, 2.75) is 39.2 Å². The first-order valence-electron chi connectivity index (χ1n) is 8.99. The predicted octanol–water partition coefficient (Wildman–Crippen LogP) is 2.90. The molecule has 1 amide bonds. The number of aryl methyl sites for hydroxylation is 3. The topological polar surface area (TPSA) is 47.4 Å². The molecule has 1 unspecified atom stereocenters. The number of amides is 1. The van der Waals surface area contributed by atoms with Crippen molar-refractivity contribution >= 4 is 5.91 Å². The van der Waals surface area contributed by atoms with Crippen LogP contribution in [-0.4, -0.2) is 46.4 Å². The van der Waals surface area contributed by atoms with Crippen molar-refractivity contribution < 1.29 is 9.53 Å². The molecular weight excluding hydrogens is 314 g/mol. The summed E-state index contributed by atoms with van der Waals surface area (Å²) >= 11 is 0. The van der Waals surface area contributed by atoms with Gasteiger partial charge in [-0.15, -0.1) is 0 Å². The van der Waals surface area contributed by atoms with Gasteiger partial charge in [-0.3, -0.25) is 9.48 Å². The molecule has 25 heavy (non-hydrogen) atoms. The molecule has 1 atom stereocenters. The summed E-state index contributed by atoms with van der Waals surface area (Å²) in [6.07, 6.45) is 4.92. The maximum atomic E-state index is 13.1. The molecule has 0 spiro atoms. The van der Waals surface area contributed by atoms with E-state index in [2.05, 4.69) is 36.3 Å². The van der Waals surface area contributed by atoms with Crippen molar-refractivity contribution in [1.82, 2.24) is 14.7 Å². The number of benzene rings is 1. The number of hydrogen-bond acceptors (Lipinski definition) is 3. The van der Waals surface area contributed by atoms with Crippen LogP contribution in [0.1, 0.15) is 40.0 Å². The van der Waals surface area contributed by atoms with Gasteiger partial charge in [0.2, 0.25) is 0 Å². The van der Waals surface area contributed by atoms with E-state index >= 15 is 0 Å². The molecular formula is C20H27N3O2. The van der Waals surface area contributed by atoms with Gasteiger partial charge in [0.25, 0.3) is 5.91 Å². The quantitative estimate of drug-likeness (QED) is 0.812. The Balaban J connectivity index is 1.72. The third kappa shape index (κ3) is 4.48. The fraction of sp³-hybridized carbons (Fsp3) is 0.500. The van der Waals surface area contributed by atoms with E-state index in [1.165, 1.54) is 11.1 Å². The first-order chi connectivity index (χ1) is 12.0. The summed E-state index contributed by atoms with van der Waals surface area (Å²) in [4.78, 5) is 15.0. The van der Waals surface area contributed by atoms with Gasteiger partial charge in [-0.25, -0.2) is 0 Å². The van der Waals surface area contributed by atoms with Crippen molar-refractivity contribution in [2.24, 2.45) is 7.05 Å². The summed E-state index contributed by atoms with van der Waals surface area (Å²) in [5, 5.41) is 4.31. The van der Waals surface area contributed by atoms with Crippen molar-refractivity contribution in [3.05, 3.63) is 52.8 Å². The zero-order chi connectivity index (χ0) is 17.8. The van der Waals surface area contributed by atoms with Gasteiger partial charge in [-0.05, 0) is 38.7 Å². The molecule has 5 heteroatoms. The lowest BCUT2D eigenvalue weighted by molar-refractivity contribution is 0.0528. The zero-order valence-corrected chi connectivity index (χ0v) is 15.4. The molecule has 1 aromatic heterocycles. The first kappa shape index (κ1) is 17.7. The summed E-state index contributed by atoms with van der Waals surface area (Å²) in [6, 6.07) is 8.51. The molecule has 0 aliphatic carbocycles. The minimum atomic E-state index is 0.0493. The summed E-state index contributed by atoms with van der Waals surface area (Å²) in [6.45, 7) is 6.12. The van der Waals surface area contributed by atoms with E-state index in [-0.39, 0.29) is 12.0 Å². The zero-order valence-electron chi connectivity index (χ0n) is 15.4. The van der Waals surface area contributed by atoms with Gasteiger partial charge in [0.15, 0.2) is 0 Å². The highest BCUT2D eigenvalue weighted by Crippen LogP contribution is 2.17. The minimum Gasteiger partial charge on any atom is -0.376 e. The maximum absolute atomic E-state index is 13.1. The van der Waals surface area contributed by atoms with Crippen LogP contribution in [-0.2, 0) is 18.2 Å². The Kier molecular flexibility index (Phi) is 5.53. The number of nitrogens with zero attached hydrogens (tertiary/aromatic N) is 3. The molecule has 5 nitrogen and oxygen atoms in total. The van der Waals surface area contributed by atoms with Crippen LogP contribution in [0.5, 0.6) is 0 Å². The Morgan fingerprint density at radius 1 is 1.32 bits per heavy atom. The van der Waals surface area contributed by atoms with Crippen LogP contribution < -0.4 is 0 Å². The van der Waals surface area contributed by atoms with Gasteiger partial charge in [-0.2, -0.15) is 5.10 Å². The van der Waals surface area contributed by atoms with Crippen molar-refractivity contribution in [1.29, 1.82) is 0 Å². The lowest BCUT2D eigenvalue weighted by Crippen LogP contribution is -2.39. The second kappa shape index (κ2) is 7.83. The molecule has 3 rings (SSSR count). The molecule has 1 saturated heterocycles. The number of hydrogen-bond donors (Lipinski definition) is 0. The van der Waals surface area contributed by atoms with E-state index in [4.69, 9.17) is 4.74 Å². The van der Waals surface area contributed by atoms with Crippen LogP contribution in [0.25, 0.3) is 0 Å². The third-order valence-corrected chi connectivity index (χ3v) is 4.77. The molecule has 0 N–H and O–H groups in total. The standard InChI is InChI=1S/C20H27N3O2/c1-15-6-8-17(9-7-15)10-11-23(13-18-5-4-12-25-18)20(24)19-14-22(3)21-16(19)2/h6-9,14,18H,4-5,10-13H2,1-3H3. The third-order valence-electron chi connectivity index (χ3n) is 4.77. The number of carbonyl (C=O) groups excluding carboxylic acids is 1. The molecule has 1 aliphatic heterocycles.